The molecule has 2 aromatic rings. The summed E-state index contributed by atoms with van der Waals surface area (Å²) in [6.45, 7) is 4.03. The SMILES string of the molecule is CCCCCC[C@@H]1CC(=O)O[C@@H]2CCC[C@H]2CC/C=C/Cc2c(nc3ccccn3c2=O)O[C@@H]2C[C@@H](C(=O)C[C@]3(C(=O)NS(=O)(=O)C4CC4)C[C@H]3CC)N(C2)C1=O. The fraction of sp³-hybridized carbons (Fsp3) is 0.674. The maximum absolute atomic E-state index is 14.8. The minimum absolute atomic E-state index is 0.0119. The predicted molar refractivity (Wildman–Crippen MR) is 213 cm³/mol. The second-order valence-electron chi connectivity index (χ2n) is 17.1. The van der Waals surface area contributed by atoms with Crippen molar-refractivity contribution in [2.45, 2.75) is 153 Å². The number of aromatic nitrogens is 2. The average molecular weight is 807 g/mol. The number of rotatable bonds is 12. The van der Waals surface area contributed by atoms with Crippen molar-refractivity contribution in [2.75, 3.05) is 6.54 Å². The van der Waals surface area contributed by atoms with E-state index in [1.54, 1.807) is 24.4 Å². The van der Waals surface area contributed by atoms with E-state index in [1.165, 1.54) is 9.30 Å². The number of sulfonamides is 1. The molecule has 2 aliphatic heterocycles. The Morgan fingerprint density at radius 1 is 1.00 bits per heavy atom. The summed E-state index contributed by atoms with van der Waals surface area (Å²) in [6, 6.07) is 4.27. The first-order chi connectivity index (χ1) is 27.4. The van der Waals surface area contributed by atoms with Gasteiger partial charge in [0.15, 0.2) is 5.78 Å². The minimum Gasteiger partial charge on any atom is -0.472 e. The number of Topliss-reactive ketones (excluding diaryl/α,β-unsaturated/α-hetero) is 1. The van der Waals surface area contributed by atoms with Crippen molar-refractivity contribution in [3.63, 3.8) is 0 Å². The molecule has 2 aromatic heterocycles. The molecule has 5 aliphatic rings. The van der Waals surface area contributed by atoms with E-state index in [2.05, 4.69) is 11.6 Å². The molecule has 0 spiro atoms. The Balaban J connectivity index is 1.22. The molecule has 3 aliphatic carbocycles. The molecule has 2 amide bonds. The van der Waals surface area contributed by atoms with Crippen LogP contribution in [0.3, 0.4) is 0 Å². The van der Waals surface area contributed by atoms with E-state index in [-0.39, 0.29) is 73.3 Å². The van der Waals surface area contributed by atoms with Gasteiger partial charge in [0, 0.05) is 31.4 Å². The maximum atomic E-state index is 14.8. The van der Waals surface area contributed by atoms with Gasteiger partial charge in [-0.3, -0.25) is 33.1 Å². The highest BCUT2D eigenvalue weighted by Crippen LogP contribution is 2.58. The Morgan fingerprint density at radius 2 is 1.82 bits per heavy atom. The van der Waals surface area contributed by atoms with Gasteiger partial charge in [0.05, 0.1) is 35.2 Å². The number of fused-ring (bicyclic) bond motifs is 5. The van der Waals surface area contributed by atoms with Crippen molar-refractivity contribution >= 4 is 39.2 Å². The minimum atomic E-state index is -3.84. The van der Waals surface area contributed by atoms with Gasteiger partial charge in [-0.15, -0.1) is 0 Å². The molecule has 0 radical (unpaired) electrons. The molecule has 57 heavy (non-hydrogen) atoms. The highest BCUT2D eigenvalue weighted by Gasteiger charge is 2.61. The summed E-state index contributed by atoms with van der Waals surface area (Å²) in [5.41, 5.74) is -0.696. The Kier molecular flexibility index (Phi) is 12.6. The lowest BCUT2D eigenvalue weighted by atomic mass is 9.90. The van der Waals surface area contributed by atoms with Crippen molar-refractivity contribution in [3.8, 4) is 5.88 Å². The van der Waals surface area contributed by atoms with Crippen LogP contribution in [0.2, 0.25) is 0 Å². The highest BCUT2D eigenvalue weighted by molar-refractivity contribution is 7.90. The van der Waals surface area contributed by atoms with E-state index in [4.69, 9.17) is 14.5 Å². The number of allylic oxidation sites excluding steroid dienone is 2. The molecule has 0 unspecified atom stereocenters. The molecular weight excluding hydrogens is 749 g/mol. The van der Waals surface area contributed by atoms with Crippen LogP contribution >= 0.6 is 0 Å². The number of unbranched alkanes of at least 4 members (excludes halogenated alkanes) is 3. The fourth-order valence-corrected chi connectivity index (χ4v) is 10.9. The number of carbonyl (C=O) groups excluding carboxylic acids is 4. The Bertz CT molecular complexity index is 2040. The van der Waals surface area contributed by atoms with Gasteiger partial charge in [-0.2, -0.15) is 4.98 Å². The number of hydrogen-bond acceptors (Lipinski definition) is 10. The molecule has 14 heteroatoms. The van der Waals surface area contributed by atoms with Crippen molar-refractivity contribution in [2.24, 2.45) is 23.2 Å². The molecule has 13 nitrogen and oxygen atoms in total. The maximum Gasteiger partial charge on any atom is 0.306 e. The average Bonchev–Trinajstić information content (AvgIpc) is 4.08. The second-order valence-corrected chi connectivity index (χ2v) is 19.1. The first-order valence-electron chi connectivity index (χ1n) is 21.3. The molecule has 0 aromatic carbocycles. The van der Waals surface area contributed by atoms with Crippen LogP contribution in [0.25, 0.3) is 5.65 Å². The van der Waals surface area contributed by atoms with E-state index in [0.717, 1.165) is 57.8 Å². The number of carbonyl (C=O) groups is 4. The lowest BCUT2D eigenvalue weighted by Gasteiger charge is -2.29. The third kappa shape index (κ3) is 9.15. The molecule has 2 bridgehead atoms. The van der Waals surface area contributed by atoms with Crippen LogP contribution in [-0.2, 0) is 40.4 Å². The first-order valence-corrected chi connectivity index (χ1v) is 22.9. The van der Waals surface area contributed by atoms with Crippen LogP contribution in [-0.4, -0.2) is 76.3 Å². The van der Waals surface area contributed by atoms with Crippen LogP contribution in [0.15, 0.2) is 41.3 Å². The molecule has 310 valence electrons. The van der Waals surface area contributed by atoms with Gasteiger partial charge in [0.25, 0.3) is 5.56 Å². The van der Waals surface area contributed by atoms with E-state index in [0.29, 0.717) is 43.3 Å². The summed E-state index contributed by atoms with van der Waals surface area (Å²) in [6.07, 6.45) is 15.0. The molecule has 1 N–H and O–H groups in total. The number of pyridine rings is 1. The second kappa shape index (κ2) is 17.4. The number of amides is 2. The van der Waals surface area contributed by atoms with Crippen LogP contribution in [0, 0.1) is 23.2 Å². The van der Waals surface area contributed by atoms with E-state index in [1.807, 2.05) is 19.1 Å². The van der Waals surface area contributed by atoms with Gasteiger partial charge < -0.3 is 14.4 Å². The van der Waals surface area contributed by atoms with Gasteiger partial charge in [0.1, 0.15) is 17.9 Å². The van der Waals surface area contributed by atoms with Gasteiger partial charge in [-0.05, 0) is 81.8 Å². The predicted octanol–water partition coefficient (Wildman–Crippen LogP) is 5.61. The Labute approximate surface area is 335 Å². The summed E-state index contributed by atoms with van der Waals surface area (Å²) in [5.74, 6) is -2.33. The number of ketones is 1. The normalized spacial score (nSPS) is 30.0. The zero-order chi connectivity index (χ0) is 40.3. The van der Waals surface area contributed by atoms with Crippen molar-refractivity contribution in [1.82, 2.24) is 19.0 Å². The van der Waals surface area contributed by atoms with E-state index < -0.39 is 50.6 Å². The summed E-state index contributed by atoms with van der Waals surface area (Å²) >= 11 is 0. The quantitative estimate of drug-likeness (QED) is 0.162. The van der Waals surface area contributed by atoms with Crippen LogP contribution < -0.4 is 15.0 Å². The number of ether oxygens (including phenoxy) is 2. The molecule has 3 saturated carbocycles. The lowest BCUT2D eigenvalue weighted by molar-refractivity contribution is -0.155. The molecule has 7 atom stereocenters. The van der Waals surface area contributed by atoms with Crippen molar-refractivity contribution in [3.05, 3.63) is 52.5 Å². The number of esters is 1. The highest BCUT2D eigenvalue weighted by atomic mass is 32.2. The van der Waals surface area contributed by atoms with Gasteiger partial charge >= 0.3 is 5.97 Å². The first kappa shape index (κ1) is 41.1. The van der Waals surface area contributed by atoms with E-state index >= 15 is 0 Å². The third-order valence-corrected chi connectivity index (χ3v) is 14.9. The van der Waals surface area contributed by atoms with Crippen LogP contribution in [0.4, 0.5) is 0 Å². The summed E-state index contributed by atoms with van der Waals surface area (Å²) < 4.78 is 42.1. The zero-order valence-corrected chi connectivity index (χ0v) is 34.2. The van der Waals surface area contributed by atoms with Crippen LogP contribution in [0.5, 0.6) is 5.88 Å². The Hall–Kier alpha value is -4.07. The molecule has 1 saturated heterocycles. The van der Waals surface area contributed by atoms with Gasteiger partial charge in [-0.25, -0.2) is 8.42 Å². The Morgan fingerprint density at radius 3 is 2.58 bits per heavy atom. The molecular formula is C43H58N4O9S. The number of nitrogens with zero attached hydrogens (tertiary/aromatic N) is 3. The summed E-state index contributed by atoms with van der Waals surface area (Å²) in [7, 11) is -3.84. The van der Waals surface area contributed by atoms with Crippen LogP contribution in [0.1, 0.15) is 129 Å². The zero-order valence-electron chi connectivity index (χ0n) is 33.4. The smallest absolute Gasteiger partial charge is 0.306 e. The fourth-order valence-electron chi connectivity index (χ4n) is 9.48. The summed E-state index contributed by atoms with van der Waals surface area (Å²) in [5, 5.41) is -0.593. The number of nitrogens with one attached hydrogen (secondary N) is 1. The van der Waals surface area contributed by atoms with Gasteiger partial charge in [0.2, 0.25) is 27.7 Å². The molecule has 4 heterocycles. The standard InChI is InChI=1S/C43H58N4O9S/c1-3-5-6-8-15-29-23-38(49)56-36-18-13-16-28(36)14-9-7-10-17-33-39(44-37-19-11-12-22-46(37)41(33)51)55-31-24-34(47(27-31)40(29)50)35(48)26-43(25-30(43)4-2)42(52)45-57(53,54)32-20-21-32/h7,10-12,19,22,28-32,34,36H,3-6,8-9,13-18,20-21,23-27H2,1-2H3,(H,45,52)/b10-7+/t28-,29-,30-,31-,34+,36-,43-/m1/s1. The third-order valence-electron chi connectivity index (χ3n) is 13.1. The lowest BCUT2D eigenvalue weighted by Crippen LogP contribution is -2.46. The number of hydrogen-bond donors (Lipinski definition) is 1. The van der Waals surface area contributed by atoms with Crippen molar-refractivity contribution in [1.29, 1.82) is 0 Å². The molecule has 7 rings (SSSR count). The topological polar surface area (TPSA) is 171 Å². The monoisotopic (exact) mass is 806 g/mol. The van der Waals surface area contributed by atoms with Gasteiger partial charge in [-0.1, -0.05) is 64.2 Å². The largest absolute Gasteiger partial charge is 0.472 e. The van der Waals surface area contributed by atoms with E-state index in [9.17, 15) is 32.4 Å². The van der Waals surface area contributed by atoms with Crippen molar-refractivity contribution < 1.29 is 37.1 Å². The summed E-state index contributed by atoms with van der Waals surface area (Å²) in [4.78, 5) is 76.9. The molecule has 4 fully saturated rings.